The van der Waals surface area contributed by atoms with Gasteiger partial charge in [-0.2, -0.15) is 0 Å². The highest BCUT2D eigenvalue weighted by Gasteiger charge is 2.06. The smallest absolute Gasteiger partial charge is 0.133 e. The van der Waals surface area contributed by atoms with Crippen LogP contribution in [-0.4, -0.2) is 11.5 Å². The highest BCUT2D eigenvalue weighted by Crippen LogP contribution is 2.32. The molecule has 0 unspecified atom stereocenters. The van der Waals surface area contributed by atoms with Crippen LogP contribution in [0.5, 0.6) is 0 Å². The molecular weight excluding hydrogens is 304 g/mol. The fourth-order valence-corrected chi connectivity index (χ4v) is 3.70. The van der Waals surface area contributed by atoms with Crippen LogP contribution in [0.4, 0.5) is 0 Å². The van der Waals surface area contributed by atoms with E-state index in [2.05, 4.69) is 44.6 Å². The normalized spacial score (nSPS) is 10.9. The summed E-state index contributed by atoms with van der Waals surface area (Å²) in [7, 11) is 0. The van der Waals surface area contributed by atoms with Gasteiger partial charge in [-0.25, -0.2) is 4.98 Å². The highest BCUT2D eigenvalue weighted by molar-refractivity contribution is 9.10. The van der Waals surface area contributed by atoms with Crippen molar-refractivity contribution in [2.24, 2.45) is 0 Å². The van der Waals surface area contributed by atoms with E-state index < -0.39 is 0 Å². The molecule has 0 atom stereocenters. The Hall–Kier alpha value is -0.230. The number of aromatic nitrogens is 1. The maximum absolute atomic E-state index is 4.45. The molecule has 86 valence electrons. The molecule has 2 nitrogen and oxygen atoms in total. The highest BCUT2D eigenvalue weighted by atomic mass is 79.9. The van der Waals surface area contributed by atoms with Gasteiger partial charge in [0.1, 0.15) is 5.01 Å². The molecule has 2 aromatic heterocycles. The third kappa shape index (κ3) is 3.13. The van der Waals surface area contributed by atoms with E-state index >= 15 is 0 Å². The summed E-state index contributed by atoms with van der Waals surface area (Å²) in [6.07, 6.45) is 3.14. The molecule has 0 aliphatic carbocycles. The molecule has 0 aliphatic rings. The first-order valence-electron chi connectivity index (χ1n) is 5.19. The predicted molar refractivity (Wildman–Crippen MR) is 75.1 cm³/mol. The number of thiazole rings is 1. The molecule has 2 heterocycles. The van der Waals surface area contributed by atoms with Crippen molar-refractivity contribution in [1.29, 1.82) is 0 Å². The number of hydrogen-bond acceptors (Lipinski definition) is 4. The fourth-order valence-electron chi connectivity index (χ4n) is 1.32. The van der Waals surface area contributed by atoms with Gasteiger partial charge in [-0.05, 0) is 35.0 Å². The number of nitrogens with zero attached hydrogens (tertiary/aromatic N) is 1. The molecule has 0 amide bonds. The van der Waals surface area contributed by atoms with Gasteiger partial charge in [0.05, 0.1) is 4.88 Å². The second-order valence-corrected chi connectivity index (χ2v) is 6.38. The first-order chi connectivity index (χ1) is 7.79. The molecule has 2 aromatic rings. The molecule has 0 radical (unpaired) electrons. The molecule has 0 saturated carbocycles. The zero-order chi connectivity index (χ0) is 11.4. The summed E-state index contributed by atoms with van der Waals surface area (Å²) in [6, 6.07) is 2.12. The lowest BCUT2D eigenvalue weighted by Gasteiger charge is -1.97. The summed E-state index contributed by atoms with van der Waals surface area (Å²) in [5.41, 5.74) is 0. The first kappa shape index (κ1) is 12.2. The Morgan fingerprint density at radius 2 is 2.38 bits per heavy atom. The lowest BCUT2D eigenvalue weighted by molar-refractivity contribution is 0.681. The Bertz CT molecular complexity index is 450. The van der Waals surface area contributed by atoms with Crippen molar-refractivity contribution in [2.45, 2.75) is 19.9 Å². The van der Waals surface area contributed by atoms with Gasteiger partial charge in [-0.1, -0.05) is 6.92 Å². The van der Waals surface area contributed by atoms with Gasteiger partial charge in [0.2, 0.25) is 0 Å². The minimum Gasteiger partial charge on any atom is -0.312 e. The Morgan fingerprint density at radius 1 is 1.50 bits per heavy atom. The van der Waals surface area contributed by atoms with Gasteiger partial charge in [0, 0.05) is 27.5 Å². The van der Waals surface area contributed by atoms with Crippen LogP contribution in [0.2, 0.25) is 0 Å². The molecule has 2 rings (SSSR count). The maximum Gasteiger partial charge on any atom is 0.133 e. The first-order valence-corrected chi connectivity index (χ1v) is 7.68. The molecule has 0 fully saturated rings. The van der Waals surface area contributed by atoms with E-state index in [-0.39, 0.29) is 0 Å². The molecule has 5 heteroatoms. The summed E-state index contributed by atoms with van der Waals surface area (Å²) in [4.78, 5) is 6.98. The molecule has 1 N–H and O–H groups in total. The second-order valence-electron chi connectivity index (χ2n) is 3.44. The lowest BCUT2D eigenvalue weighted by atomic mass is 10.4. The Kier molecular flexibility index (Phi) is 4.52. The number of nitrogens with one attached hydrogen (secondary N) is 1. The minimum atomic E-state index is 0.929. The molecule has 0 aliphatic heterocycles. The van der Waals surface area contributed by atoms with Gasteiger partial charge < -0.3 is 5.32 Å². The summed E-state index contributed by atoms with van der Waals surface area (Å²) < 4.78 is 1.13. The molecule has 0 bridgehead atoms. The van der Waals surface area contributed by atoms with Crippen molar-refractivity contribution in [2.75, 3.05) is 6.54 Å². The summed E-state index contributed by atoms with van der Waals surface area (Å²) >= 11 is 6.95. The Balaban J connectivity index is 2.02. The topological polar surface area (TPSA) is 24.9 Å². The SMILES string of the molecule is CCCNCc1cnc(-c2cc(Br)cs2)s1. The minimum absolute atomic E-state index is 0.929. The van der Waals surface area contributed by atoms with Gasteiger partial charge in [-0.3, -0.25) is 0 Å². The standard InChI is InChI=1S/C11H13BrN2S2/c1-2-3-13-5-9-6-14-11(16-9)10-4-8(12)7-15-10/h4,6-7,13H,2-3,5H2,1H3. The third-order valence-electron chi connectivity index (χ3n) is 2.06. The van der Waals surface area contributed by atoms with E-state index in [0.29, 0.717) is 0 Å². The maximum atomic E-state index is 4.45. The monoisotopic (exact) mass is 316 g/mol. The lowest BCUT2D eigenvalue weighted by Crippen LogP contribution is -2.12. The molecular formula is C11H13BrN2S2. The van der Waals surface area contributed by atoms with E-state index in [9.17, 15) is 0 Å². The quantitative estimate of drug-likeness (QED) is 0.839. The molecule has 0 aromatic carbocycles. The van der Waals surface area contributed by atoms with Gasteiger partial charge in [-0.15, -0.1) is 22.7 Å². The average molecular weight is 317 g/mol. The third-order valence-corrected chi connectivity index (χ3v) is 4.92. The number of halogens is 1. The zero-order valence-electron chi connectivity index (χ0n) is 9.00. The van der Waals surface area contributed by atoms with Crippen LogP contribution in [0.1, 0.15) is 18.2 Å². The zero-order valence-corrected chi connectivity index (χ0v) is 12.2. The van der Waals surface area contributed by atoms with Crippen LogP contribution in [0, 0.1) is 0 Å². The van der Waals surface area contributed by atoms with Crippen molar-refractivity contribution >= 4 is 38.6 Å². The van der Waals surface area contributed by atoms with Gasteiger partial charge in [0.25, 0.3) is 0 Å². The summed E-state index contributed by atoms with van der Waals surface area (Å²) in [5.74, 6) is 0. The van der Waals surface area contributed by atoms with E-state index in [1.165, 1.54) is 16.2 Å². The van der Waals surface area contributed by atoms with Crippen LogP contribution in [0.3, 0.4) is 0 Å². The van der Waals surface area contributed by atoms with Gasteiger partial charge >= 0.3 is 0 Å². The van der Waals surface area contributed by atoms with E-state index in [1.807, 2.05) is 6.20 Å². The van der Waals surface area contributed by atoms with E-state index in [0.717, 1.165) is 22.6 Å². The fraction of sp³-hybridized carbons (Fsp3) is 0.364. The molecule has 16 heavy (non-hydrogen) atoms. The van der Waals surface area contributed by atoms with Crippen LogP contribution < -0.4 is 5.32 Å². The number of hydrogen-bond donors (Lipinski definition) is 1. The van der Waals surface area contributed by atoms with E-state index in [4.69, 9.17) is 0 Å². The van der Waals surface area contributed by atoms with Crippen LogP contribution in [0.25, 0.3) is 9.88 Å². The van der Waals surface area contributed by atoms with Crippen molar-refractivity contribution in [3.8, 4) is 9.88 Å². The molecule has 0 saturated heterocycles. The van der Waals surface area contributed by atoms with Crippen molar-refractivity contribution < 1.29 is 0 Å². The summed E-state index contributed by atoms with van der Waals surface area (Å²) in [5, 5.41) is 6.59. The van der Waals surface area contributed by atoms with E-state index in [1.54, 1.807) is 22.7 Å². The summed E-state index contributed by atoms with van der Waals surface area (Å²) in [6.45, 7) is 4.17. The van der Waals surface area contributed by atoms with Crippen LogP contribution in [-0.2, 0) is 6.54 Å². The van der Waals surface area contributed by atoms with Crippen molar-refractivity contribution in [3.05, 3.63) is 27.0 Å². The number of rotatable bonds is 5. The molecule has 0 spiro atoms. The van der Waals surface area contributed by atoms with Crippen LogP contribution in [0.15, 0.2) is 22.1 Å². The Morgan fingerprint density at radius 3 is 3.06 bits per heavy atom. The largest absolute Gasteiger partial charge is 0.312 e. The Labute approximate surface area is 112 Å². The van der Waals surface area contributed by atoms with Crippen molar-refractivity contribution in [1.82, 2.24) is 10.3 Å². The van der Waals surface area contributed by atoms with Crippen LogP contribution >= 0.6 is 38.6 Å². The van der Waals surface area contributed by atoms with Gasteiger partial charge in [0.15, 0.2) is 0 Å². The average Bonchev–Trinajstić information content (AvgIpc) is 2.87. The second kappa shape index (κ2) is 5.91. The number of thiophene rings is 1. The van der Waals surface area contributed by atoms with Crippen molar-refractivity contribution in [3.63, 3.8) is 0 Å². The predicted octanol–water partition coefficient (Wildman–Crippen LogP) is 4.13.